The van der Waals surface area contributed by atoms with E-state index in [1.807, 2.05) is 0 Å². The van der Waals surface area contributed by atoms with Gasteiger partial charge in [-0.25, -0.2) is 13.2 Å². The molecule has 0 aromatic heterocycles. The summed E-state index contributed by atoms with van der Waals surface area (Å²) in [5, 5.41) is 4.51. The summed E-state index contributed by atoms with van der Waals surface area (Å²) >= 11 is 0. The van der Waals surface area contributed by atoms with Crippen LogP contribution in [0.3, 0.4) is 0 Å². The van der Waals surface area contributed by atoms with Crippen molar-refractivity contribution in [2.45, 2.75) is 25.3 Å². The molecule has 2 aromatic carbocycles. The van der Waals surface area contributed by atoms with Gasteiger partial charge in [-0.3, -0.25) is 14.4 Å². The van der Waals surface area contributed by atoms with Crippen molar-refractivity contribution in [3.05, 3.63) is 65.5 Å². The van der Waals surface area contributed by atoms with Gasteiger partial charge in [0.25, 0.3) is 0 Å². The highest BCUT2D eigenvalue weighted by Crippen LogP contribution is 2.26. The first kappa shape index (κ1) is 21.4. The topological polar surface area (TPSA) is 78.5 Å². The van der Waals surface area contributed by atoms with Crippen molar-refractivity contribution in [1.82, 2.24) is 10.2 Å². The van der Waals surface area contributed by atoms with Gasteiger partial charge in [-0.1, -0.05) is 30.3 Å². The number of nitrogens with zero attached hydrogens (tertiary/aromatic N) is 1. The Labute approximate surface area is 171 Å². The summed E-state index contributed by atoms with van der Waals surface area (Å²) in [4.78, 5) is 38.7. The first-order valence-corrected chi connectivity index (χ1v) is 9.44. The number of anilines is 1. The van der Waals surface area contributed by atoms with E-state index in [2.05, 4.69) is 10.6 Å². The molecule has 3 rings (SSSR count). The van der Waals surface area contributed by atoms with Crippen molar-refractivity contribution in [2.24, 2.45) is 0 Å². The monoisotopic (exact) mass is 419 g/mol. The summed E-state index contributed by atoms with van der Waals surface area (Å²) in [6.07, 6.45) is 1.85. The van der Waals surface area contributed by atoms with Crippen LogP contribution >= 0.6 is 0 Å². The molecular formula is C21H20F3N3O3. The number of halogens is 3. The van der Waals surface area contributed by atoms with Gasteiger partial charge >= 0.3 is 0 Å². The molecule has 3 amide bonds. The molecule has 0 radical (unpaired) electrons. The van der Waals surface area contributed by atoms with Crippen molar-refractivity contribution < 1.29 is 27.6 Å². The molecule has 0 saturated carbocycles. The van der Waals surface area contributed by atoms with Gasteiger partial charge in [0.2, 0.25) is 17.7 Å². The molecule has 1 heterocycles. The van der Waals surface area contributed by atoms with Crippen LogP contribution in [0.25, 0.3) is 0 Å². The fourth-order valence-corrected chi connectivity index (χ4v) is 3.29. The van der Waals surface area contributed by atoms with E-state index in [1.54, 1.807) is 30.3 Å². The number of carbonyl (C=O) groups is 3. The molecule has 1 aliphatic rings. The van der Waals surface area contributed by atoms with E-state index in [4.69, 9.17) is 0 Å². The van der Waals surface area contributed by atoms with E-state index in [9.17, 15) is 27.6 Å². The maximum Gasteiger partial charge on any atom is 0.247 e. The van der Waals surface area contributed by atoms with E-state index in [0.717, 1.165) is 18.9 Å². The number of benzene rings is 2. The zero-order chi connectivity index (χ0) is 21.7. The Morgan fingerprint density at radius 1 is 1.00 bits per heavy atom. The number of amides is 3. The Kier molecular flexibility index (Phi) is 6.71. The first-order valence-electron chi connectivity index (χ1n) is 9.44. The zero-order valence-electron chi connectivity index (χ0n) is 16.0. The lowest BCUT2D eigenvalue weighted by atomic mass is 10.0. The maximum absolute atomic E-state index is 13.7. The molecule has 0 bridgehead atoms. The standard InChI is InChI=1S/C21H20F3N3O3/c22-14-9-10-15(19(24)18(14)23)26-16(28)12-25-21(30)20(13-6-2-1-3-7-13)27-11-5-4-8-17(27)29/h1-3,6-7,9-10,20H,4-5,8,11-12H2,(H,25,30)(H,26,28). The summed E-state index contributed by atoms with van der Waals surface area (Å²) in [5.74, 6) is -6.17. The summed E-state index contributed by atoms with van der Waals surface area (Å²) in [6, 6.07) is 9.33. The quantitative estimate of drug-likeness (QED) is 0.707. The van der Waals surface area contributed by atoms with Crippen molar-refractivity contribution in [3.63, 3.8) is 0 Å². The number of likely N-dealkylation sites (tertiary alicyclic amines) is 1. The normalized spacial score (nSPS) is 14.9. The number of hydrogen-bond donors (Lipinski definition) is 2. The predicted octanol–water partition coefficient (Wildman–Crippen LogP) is 2.91. The van der Waals surface area contributed by atoms with Crippen LogP contribution in [0, 0.1) is 17.5 Å². The SMILES string of the molecule is O=C(CNC(=O)C(c1ccccc1)N1CCCCC1=O)Nc1ccc(F)c(F)c1F. The molecule has 30 heavy (non-hydrogen) atoms. The Morgan fingerprint density at radius 3 is 2.43 bits per heavy atom. The first-order chi connectivity index (χ1) is 14.4. The molecule has 1 atom stereocenters. The third-order valence-electron chi connectivity index (χ3n) is 4.77. The van der Waals surface area contributed by atoms with Gasteiger partial charge in [-0.15, -0.1) is 0 Å². The van der Waals surface area contributed by atoms with E-state index >= 15 is 0 Å². The minimum absolute atomic E-state index is 0.154. The molecule has 0 spiro atoms. The van der Waals surface area contributed by atoms with E-state index < -0.39 is 47.5 Å². The van der Waals surface area contributed by atoms with Crippen LogP contribution in [0.4, 0.5) is 18.9 Å². The highest BCUT2D eigenvalue weighted by Gasteiger charge is 2.32. The van der Waals surface area contributed by atoms with Crippen molar-refractivity contribution in [3.8, 4) is 0 Å². The molecule has 1 unspecified atom stereocenters. The fourth-order valence-electron chi connectivity index (χ4n) is 3.29. The maximum atomic E-state index is 13.7. The summed E-state index contributed by atoms with van der Waals surface area (Å²) in [5.41, 5.74) is 0.0521. The number of hydrogen-bond acceptors (Lipinski definition) is 3. The van der Waals surface area contributed by atoms with E-state index in [-0.39, 0.29) is 5.91 Å². The van der Waals surface area contributed by atoms with Gasteiger partial charge < -0.3 is 15.5 Å². The fraction of sp³-hybridized carbons (Fsp3) is 0.286. The molecule has 6 nitrogen and oxygen atoms in total. The number of rotatable bonds is 6. The van der Waals surface area contributed by atoms with Crippen LogP contribution < -0.4 is 10.6 Å². The minimum Gasteiger partial charge on any atom is -0.345 e. The lowest BCUT2D eigenvalue weighted by molar-refractivity contribution is -0.142. The molecule has 0 aliphatic carbocycles. The second kappa shape index (κ2) is 9.43. The minimum atomic E-state index is -1.70. The molecule has 158 valence electrons. The van der Waals surface area contributed by atoms with Crippen LogP contribution in [0.5, 0.6) is 0 Å². The molecule has 9 heteroatoms. The average molecular weight is 419 g/mol. The molecule has 2 aromatic rings. The second-order valence-corrected chi connectivity index (χ2v) is 6.85. The molecule has 2 N–H and O–H groups in total. The van der Waals surface area contributed by atoms with Crippen molar-refractivity contribution >= 4 is 23.4 Å². The Bertz CT molecular complexity index is 953. The van der Waals surface area contributed by atoms with Crippen LogP contribution in [0.1, 0.15) is 30.9 Å². The van der Waals surface area contributed by atoms with E-state index in [0.29, 0.717) is 24.6 Å². The van der Waals surface area contributed by atoms with Gasteiger partial charge in [0.05, 0.1) is 12.2 Å². The molecule has 1 aliphatic heterocycles. The third kappa shape index (κ3) is 4.79. The largest absolute Gasteiger partial charge is 0.345 e. The predicted molar refractivity (Wildman–Crippen MR) is 103 cm³/mol. The second-order valence-electron chi connectivity index (χ2n) is 6.85. The molecular weight excluding hydrogens is 399 g/mol. The lowest BCUT2D eigenvalue weighted by Gasteiger charge is -2.34. The van der Waals surface area contributed by atoms with E-state index in [1.165, 1.54) is 4.90 Å². The van der Waals surface area contributed by atoms with Crippen LogP contribution in [0.2, 0.25) is 0 Å². The summed E-state index contributed by atoms with van der Waals surface area (Å²) in [6.45, 7) is -0.124. The zero-order valence-corrected chi connectivity index (χ0v) is 16.0. The summed E-state index contributed by atoms with van der Waals surface area (Å²) in [7, 11) is 0. The van der Waals surface area contributed by atoms with Crippen LogP contribution in [0.15, 0.2) is 42.5 Å². The average Bonchev–Trinajstić information content (AvgIpc) is 2.75. The number of piperidine rings is 1. The summed E-state index contributed by atoms with van der Waals surface area (Å²) < 4.78 is 40.0. The Morgan fingerprint density at radius 2 is 1.73 bits per heavy atom. The smallest absolute Gasteiger partial charge is 0.247 e. The van der Waals surface area contributed by atoms with Gasteiger partial charge in [0.15, 0.2) is 17.5 Å². The highest BCUT2D eigenvalue weighted by atomic mass is 19.2. The Balaban J connectivity index is 1.69. The van der Waals surface area contributed by atoms with Crippen molar-refractivity contribution in [1.29, 1.82) is 0 Å². The number of carbonyl (C=O) groups excluding carboxylic acids is 3. The van der Waals surface area contributed by atoms with Gasteiger partial charge in [-0.2, -0.15) is 0 Å². The van der Waals surface area contributed by atoms with Crippen molar-refractivity contribution in [2.75, 3.05) is 18.4 Å². The number of nitrogens with one attached hydrogen (secondary N) is 2. The van der Waals surface area contributed by atoms with Gasteiger partial charge in [0, 0.05) is 13.0 Å². The van der Waals surface area contributed by atoms with Crippen LogP contribution in [-0.2, 0) is 14.4 Å². The lowest BCUT2D eigenvalue weighted by Crippen LogP contribution is -2.47. The van der Waals surface area contributed by atoms with Gasteiger partial charge in [-0.05, 0) is 30.5 Å². The molecule has 1 fully saturated rings. The highest BCUT2D eigenvalue weighted by molar-refractivity contribution is 5.96. The molecule has 1 saturated heterocycles. The third-order valence-corrected chi connectivity index (χ3v) is 4.77. The van der Waals surface area contributed by atoms with Crippen LogP contribution in [-0.4, -0.2) is 35.7 Å². The Hall–Kier alpha value is -3.36. The van der Waals surface area contributed by atoms with Gasteiger partial charge in [0.1, 0.15) is 6.04 Å².